The Morgan fingerprint density at radius 2 is 1.90 bits per heavy atom. The van der Waals surface area contributed by atoms with Crippen LogP contribution < -0.4 is 10.0 Å². The number of hydrogen-bond acceptors (Lipinski definition) is 5. The zero-order chi connectivity index (χ0) is 21.4. The van der Waals surface area contributed by atoms with Crippen molar-refractivity contribution in [1.29, 1.82) is 0 Å². The smallest absolute Gasteiger partial charge is 0.303 e. The van der Waals surface area contributed by atoms with E-state index in [0.29, 0.717) is 32.5 Å². The van der Waals surface area contributed by atoms with Gasteiger partial charge < -0.3 is 10.4 Å². The first-order valence-corrected chi connectivity index (χ1v) is 11.6. The first kappa shape index (κ1) is 22.2. The van der Waals surface area contributed by atoms with Crippen molar-refractivity contribution in [3.8, 4) is 0 Å². The quantitative estimate of drug-likeness (QED) is 0.498. The molecule has 3 rings (SSSR count). The number of benzene rings is 1. The molecule has 0 saturated carbocycles. The summed E-state index contributed by atoms with van der Waals surface area (Å²) < 4.78 is 29.7. The second kappa shape index (κ2) is 10.5. The maximum Gasteiger partial charge on any atom is 0.303 e. The molecular weight excluding hydrogens is 404 g/mol. The molecule has 0 spiro atoms. The van der Waals surface area contributed by atoms with Gasteiger partial charge in [-0.1, -0.05) is 30.3 Å². The minimum absolute atomic E-state index is 0.00159. The van der Waals surface area contributed by atoms with Crippen LogP contribution in [0.25, 0.3) is 0 Å². The van der Waals surface area contributed by atoms with Crippen LogP contribution in [0, 0.1) is 0 Å². The van der Waals surface area contributed by atoms with Crippen LogP contribution in [0.5, 0.6) is 0 Å². The third kappa shape index (κ3) is 6.25. The molecule has 0 bridgehead atoms. The van der Waals surface area contributed by atoms with E-state index in [0.717, 1.165) is 23.4 Å². The van der Waals surface area contributed by atoms with E-state index in [9.17, 15) is 18.3 Å². The lowest BCUT2D eigenvalue weighted by Crippen LogP contribution is -2.41. The van der Waals surface area contributed by atoms with Crippen LogP contribution in [-0.2, 0) is 21.5 Å². The number of unbranched alkanes of at least 4 members (excludes halogenated alkanes) is 1. The molecule has 2 aromatic rings. The third-order valence-corrected chi connectivity index (χ3v) is 6.75. The number of anilines is 1. The molecular formula is C21H28N4O4S. The van der Waals surface area contributed by atoms with Crippen LogP contribution in [-0.4, -0.2) is 48.4 Å². The molecule has 1 aromatic carbocycles. The third-order valence-electron chi connectivity index (χ3n) is 5.19. The Hall–Kier alpha value is -2.49. The van der Waals surface area contributed by atoms with E-state index < -0.39 is 16.2 Å². The molecule has 0 saturated heterocycles. The number of carboxylic acids is 1. The normalized spacial score (nSPS) is 17.1. The van der Waals surface area contributed by atoms with E-state index in [1.165, 1.54) is 4.31 Å². The Morgan fingerprint density at radius 3 is 2.67 bits per heavy atom. The van der Waals surface area contributed by atoms with Crippen LogP contribution in [0.1, 0.15) is 42.7 Å². The second-order valence-electron chi connectivity index (χ2n) is 7.36. The van der Waals surface area contributed by atoms with Crippen molar-refractivity contribution in [1.82, 2.24) is 14.0 Å². The van der Waals surface area contributed by atoms with Gasteiger partial charge in [0.1, 0.15) is 5.82 Å². The summed E-state index contributed by atoms with van der Waals surface area (Å²) in [5.74, 6) is -0.252. The fourth-order valence-electron chi connectivity index (χ4n) is 3.66. The van der Waals surface area contributed by atoms with Crippen LogP contribution in [0.2, 0.25) is 0 Å². The van der Waals surface area contributed by atoms with Gasteiger partial charge >= 0.3 is 5.97 Å². The van der Waals surface area contributed by atoms with E-state index in [2.05, 4.69) is 15.0 Å². The monoisotopic (exact) mass is 432 g/mol. The zero-order valence-corrected chi connectivity index (χ0v) is 17.6. The molecule has 3 N–H and O–H groups in total. The fourth-order valence-corrected chi connectivity index (χ4v) is 4.89. The molecule has 0 fully saturated rings. The van der Waals surface area contributed by atoms with Gasteiger partial charge in [-0.15, -0.1) is 0 Å². The summed E-state index contributed by atoms with van der Waals surface area (Å²) in [7, 11) is -3.64. The van der Waals surface area contributed by atoms with Gasteiger partial charge in [0.15, 0.2) is 0 Å². The Labute approximate surface area is 177 Å². The van der Waals surface area contributed by atoms with Gasteiger partial charge in [-0.05, 0) is 48.4 Å². The Kier molecular flexibility index (Phi) is 7.78. The van der Waals surface area contributed by atoms with Crippen molar-refractivity contribution >= 4 is 22.0 Å². The maximum absolute atomic E-state index is 12.8. The van der Waals surface area contributed by atoms with E-state index in [4.69, 9.17) is 0 Å². The maximum atomic E-state index is 12.8. The molecule has 9 heteroatoms. The molecule has 2 heterocycles. The zero-order valence-electron chi connectivity index (χ0n) is 16.8. The van der Waals surface area contributed by atoms with Crippen molar-refractivity contribution < 1.29 is 18.3 Å². The van der Waals surface area contributed by atoms with Crippen LogP contribution in [0.3, 0.4) is 0 Å². The van der Waals surface area contributed by atoms with Gasteiger partial charge in [0, 0.05) is 32.4 Å². The van der Waals surface area contributed by atoms with E-state index >= 15 is 0 Å². The van der Waals surface area contributed by atoms with E-state index in [1.54, 1.807) is 6.20 Å². The molecule has 0 aliphatic carbocycles. The highest BCUT2D eigenvalue weighted by atomic mass is 32.2. The fraction of sp³-hybridized carbons (Fsp3) is 0.429. The SMILES string of the molecule is O=C(O)CC1CCN(S(=O)(=O)NCCCCNc2ccccn2)Cc2ccccc21. The second-order valence-corrected chi connectivity index (χ2v) is 9.12. The summed E-state index contributed by atoms with van der Waals surface area (Å²) in [5.41, 5.74) is 1.80. The Balaban J connectivity index is 1.51. The number of carboxylic acid groups (broad SMARTS) is 1. The molecule has 1 atom stereocenters. The minimum atomic E-state index is -3.64. The highest BCUT2D eigenvalue weighted by molar-refractivity contribution is 7.87. The summed E-state index contributed by atoms with van der Waals surface area (Å²) in [6.07, 6.45) is 3.71. The molecule has 1 aliphatic rings. The Bertz CT molecular complexity index is 937. The van der Waals surface area contributed by atoms with Crippen LogP contribution >= 0.6 is 0 Å². The van der Waals surface area contributed by atoms with Crippen LogP contribution in [0.4, 0.5) is 5.82 Å². The molecule has 30 heavy (non-hydrogen) atoms. The summed E-state index contributed by atoms with van der Waals surface area (Å²) in [4.78, 5) is 15.4. The average molecular weight is 433 g/mol. The van der Waals surface area contributed by atoms with Gasteiger partial charge in [-0.25, -0.2) is 9.71 Å². The first-order valence-electron chi connectivity index (χ1n) is 10.1. The van der Waals surface area contributed by atoms with Crippen molar-refractivity contribution in [2.24, 2.45) is 0 Å². The molecule has 162 valence electrons. The largest absolute Gasteiger partial charge is 0.481 e. The van der Waals surface area contributed by atoms with E-state index in [1.807, 2.05) is 42.5 Å². The van der Waals surface area contributed by atoms with Crippen molar-refractivity contribution in [2.45, 2.75) is 38.1 Å². The molecule has 1 unspecified atom stereocenters. The molecule has 8 nitrogen and oxygen atoms in total. The molecule has 1 aromatic heterocycles. The highest BCUT2D eigenvalue weighted by Gasteiger charge is 2.29. The van der Waals surface area contributed by atoms with Crippen molar-refractivity contribution in [2.75, 3.05) is 25.0 Å². The lowest BCUT2D eigenvalue weighted by atomic mass is 9.90. The summed E-state index contributed by atoms with van der Waals surface area (Å²) in [6, 6.07) is 13.2. The lowest BCUT2D eigenvalue weighted by molar-refractivity contribution is -0.137. The summed E-state index contributed by atoms with van der Waals surface area (Å²) >= 11 is 0. The number of fused-ring (bicyclic) bond motifs is 1. The number of hydrogen-bond donors (Lipinski definition) is 3. The van der Waals surface area contributed by atoms with Gasteiger partial charge in [0.25, 0.3) is 10.2 Å². The van der Waals surface area contributed by atoms with Crippen LogP contribution in [0.15, 0.2) is 48.7 Å². The van der Waals surface area contributed by atoms with Gasteiger partial charge in [-0.2, -0.15) is 12.7 Å². The number of nitrogens with zero attached hydrogens (tertiary/aromatic N) is 2. The standard InChI is InChI=1S/C21H28N4O4S/c26-21(27)15-17-10-14-25(16-18-7-1-2-8-19(17)18)30(28,29)24-13-6-5-12-23-20-9-3-4-11-22-20/h1-4,7-9,11,17,24H,5-6,10,12-16H2,(H,22,23)(H,26,27). The predicted molar refractivity (Wildman–Crippen MR) is 115 cm³/mol. The number of carbonyl (C=O) groups is 1. The highest BCUT2D eigenvalue weighted by Crippen LogP contribution is 2.31. The molecule has 0 radical (unpaired) electrons. The number of aromatic nitrogens is 1. The van der Waals surface area contributed by atoms with Gasteiger partial charge in [-0.3, -0.25) is 4.79 Å². The van der Waals surface area contributed by atoms with Gasteiger partial charge in [0.2, 0.25) is 0 Å². The average Bonchev–Trinajstić information content (AvgIpc) is 2.91. The van der Waals surface area contributed by atoms with Crippen molar-refractivity contribution in [3.63, 3.8) is 0 Å². The topological polar surface area (TPSA) is 112 Å². The lowest BCUT2D eigenvalue weighted by Gasteiger charge is -2.21. The minimum Gasteiger partial charge on any atom is -0.481 e. The predicted octanol–water partition coefficient (Wildman–Crippen LogP) is 2.57. The number of aliphatic carboxylic acids is 1. The number of nitrogens with one attached hydrogen (secondary N) is 2. The first-order chi connectivity index (χ1) is 14.5. The number of rotatable bonds is 10. The van der Waals surface area contributed by atoms with E-state index in [-0.39, 0.29) is 18.9 Å². The molecule has 0 amide bonds. The number of pyridine rings is 1. The Morgan fingerprint density at radius 1 is 1.13 bits per heavy atom. The van der Waals surface area contributed by atoms with Crippen molar-refractivity contribution in [3.05, 3.63) is 59.8 Å². The summed E-state index contributed by atoms with van der Waals surface area (Å²) in [6.45, 7) is 1.61. The molecule has 1 aliphatic heterocycles. The summed E-state index contributed by atoms with van der Waals surface area (Å²) in [5, 5.41) is 12.4. The van der Waals surface area contributed by atoms with Gasteiger partial charge in [0.05, 0.1) is 6.42 Å².